The number of fused-ring (bicyclic) bond motifs is 1. The van der Waals surface area contributed by atoms with Crippen LogP contribution in [0, 0.1) is 0 Å². The van der Waals surface area contributed by atoms with Crippen LogP contribution in [0.15, 0.2) is 42.5 Å². The van der Waals surface area contributed by atoms with Gasteiger partial charge in [0.15, 0.2) is 0 Å². The van der Waals surface area contributed by atoms with Crippen LogP contribution >= 0.6 is 0 Å². The van der Waals surface area contributed by atoms with Crippen molar-refractivity contribution in [2.45, 2.75) is 6.04 Å². The van der Waals surface area contributed by atoms with E-state index in [4.69, 9.17) is 16.2 Å². The summed E-state index contributed by atoms with van der Waals surface area (Å²) in [4.78, 5) is 12.3. The molecule has 1 aliphatic rings. The van der Waals surface area contributed by atoms with Crippen LogP contribution in [0.4, 0.5) is 11.4 Å². The first-order valence-corrected chi connectivity index (χ1v) is 6.33. The zero-order valence-corrected chi connectivity index (χ0v) is 10.8. The molecule has 0 aromatic heterocycles. The third kappa shape index (κ3) is 2.14. The fourth-order valence-electron chi connectivity index (χ4n) is 2.31. The number of nitrogens with two attached hydrogens (primary N) is 2. The lowest BCUT2D eigenvalue weighted by molar-refractivity contribution is 0.0931. The highest BCUT2D eigenvalue weighted by molar-refractivity contribution is 6.00. The van der Waals surface area contributed by atoms with Gasteiger partial charge < -0.3 is 21.5 Å². The van der Waals surface area contributed by atoms with E-state index in [0.717, 1.165) is 11.3 Å². The Morgan fingerprint density at radius 3 is 2.80 bits per heavy atom. The molecular weight excluding hydrogens is 254 g/mol. The third-order valence-electron chi connectivity index (χ3n) is 3.33. The molecule has 1 atom stereocenters. The van der Waals surface area contributed by atoms with Gasteiger partial charge in [0.1, 0.15) is 12.4 Å². The summed E-state index contributed by atoms with van der Waals surface area (Å²) in [6, 6.07) is 12.4. The molecule has 0 spiro atoms. The number of para-hydroxylation sites is 1. The maximum absolute atomic E-state index is 12.3. The lowest BCUT2D eigenvalue weighted by Crippen LogP contribution is -2.30. The van der Waals surface area contributed by atoms with Gasteiger partial charge in [0.2, 0.25) is 0 Å². The smallest absolute Gasteiger partial charge is 0.253 e. The molecule has 1 aliphatic heterocycles. The Morgan fingerprint density at radius 1 is 1.20 bits per heavy atom. The van der Waals surface area contributed by atoms with Crippen molar-refractivity contribution in [2.75, 3.05) is 18.1 Å². The molecule has 0 aliphatic carbocycles. The molecule has 1 unspecified atom stereocenters. The Hall–Kier alpha value is -2.69. The van der Waals surface area contributed by atoms with E-state index in [9.17, 15) is 4.79 Å². The highest BCUT2D eigenvalue weighted by Crippen LogP contribution is 2.32. The molecule has 0 bridgehead atoms. The number of hydrogen-bond donors (Lipinski definition) is 3. The number of anilines is 2. The average Bonchev–Trinajstić information content (AvgIpc) is 2.82. The van der Waals surface area contributed by atoms with Crippen LogP contribution in [0.3, 0.4) is 0 Å². The number of benzene rings is 2. The minimum atomic E-state index is -0.229. The molecule has 0 saturated carbocycles. The first kappa shape index (κ1) is 12.3. The number of hydrogen-bond acceptors (Lipinski definition) is 4. The summed E-state index contributed by atoms with van der Waals surface area (Å²) in [5.74, 6) is 0.580. The van der Waals surface area contributed by atoms with Crippen LogP contribution in [-0.2, 0) is 0 Å². The van der Waals surface area contributed by atoms with E-state index in [1.165, 1.54) is 0 Å². The van der Waals surface area contributed by atoms with Crippen LogP contribution in [0.2, 0.25) is 0 Å². The minimum Gasteiger partial charge on any atom is -0.491 e. The van der Waals surface area contributed by atoms with E-state index in [1.807, 2.05) is 24.3 Å². The highest BCUT2D eigenvalue weighted by atomic mass is 16.5. The van der Waals surface area contributed by atoms with E-state index < -0.39 is 0 Å². The van der Waals surface area contributed by atoms with Crippen molar-refractivity contribution >= 4 is 17.3 Å². The van der Waals surface area contributed by atoms with Crippen molar-refractivity contribution in [3.63, 3.8) is 0 Å². The molecule has 3 rings (SSSR count). The van der Waals surface area contributed by atoms with Crippen molar-refractivity contribution < 1.29 is 9.53 Å². The molecule has 5 heteroatoms. The zero-order chi connectivity index (χ0) is 14.1. The Kier molecular flexibility index (Phi) is 2.95. The fourth-order valence-corrected chi connectivity index (χ4v) is 2.31. The molecule has 1 heterocycles. The van der Waals surface area contributed by atoms with E-state index in [-0.39, 0.29) is 11.9 Å². The second-order valence-corrected chi connectivity index (χ2v) is 4.72. The largest absolute Gasteiger partial charge is 0.491 e. The summed E-state index contributed by atoms with van der Waals surface area (Å²) in [5, 5.41) is 2.93. The molecule has 20 heavy (non-hydrogen) atoms. The minimum absolute atomic E-state index is 0.157. The number of carbonyl (C=O) groups excluding carboxylic acids is 1. The summed E-state index contributed by atoms with van der Waals surface area (Å²) in [7, 11) is 0. The van der Waals surface area contributed by atoms with Gasteiger partial charge in [0, 0.05) is 16.9 Å². The van der Waals surface area contributed by atoms with E-state index >= 15 is 0 Å². The van der Waals surface area contributed by atoms with Gasteiger partial charge >= 0.3 is 0 Å². The summed E-state index contributed by atoms with van der Waals surface area (Å²) in [5.41, 5.74) is 13.7. The van der Waals surface area contributed by atoms with Crippen molar-refractivity contribution in [1.82, 2.24) is 5.32 Å². The lowest BCUT2D eigenvalue weighted by Gasteiger charge is -2.13. The molecule has 2 aromatic rings. The Balaban J connectivity index is 1.81. The number of rotatable bonds is 2. The van der Waals surface area contributed by atoms with Gasteiger partial charge in [-0.15, -0.1) is 0 Å². The quantitative estimate of drug-likeness (QED) is 0.724. The van der Waals surface area contributed by atoms with Crippen molar-refractivity contribution in [1.29, 1.82) is 0 Å². The number of carbonyl (C=O) groups is 1. The van der Waals surface area contributed by atoms with Gasteiger partial charge in [0.05, 0.1) is 11.6 Å². The third-order valence-corrected chi connectivity index (χ3v) is 3.33. The molecule has 1 amide bonds. The average molecular weight is 269 g/mol. The van der Waals surface area contributed by atoms with E-state index in [2.05, 4.69) is 5.32 Å². The van der Waals surface area contributed by atoms with E-state index in [1.54, 1.807) is 18.2 Å². The Morgan fingerprint density at radius 2 is 2.00 bits per heavy atom. The number of nitrogens with one attached hydrogen (secondary N) is 1. The summed E-state index contributed by atoms with van der Waals surface area (Å²) in [6.07, 6.45) is 0. The monoisotopic (exact) mass is 269 g/mol. The highest BCUT2D eigenvalue weighted by Gasteiger charge is 2.25. The first-order chi connectivity index (χ1) is 9.65. The van der Waals surface area contributed by atoms with Crippen molar-refractivity contribution in [2.24, 2.45) is 0 Å². The summed E-state index contributed by atoms with van der Waals surface area (Å²) < 4.78 is 5.53. The molecule has 5 nitrogen and oxygen atoms in total. The van der Waals surface area contributed by atoms with Crippen LogP contribution in [0.1, 0.15) is 22.0 Å². The maximum Gasteiger partial charge on any atom is 0.253 e. The normalized spacial score (nSPS) is 16.3. The fraction of sp³-hybridized carbons (Fsp3) is 0.133. The van der Waals surface area contributed by atoms with Gasteiger partial charge in [-0.05, 0) is 24.3 Å². The van der Waals surface area contributed by atoms with Crippen LogP contribution in [0.25, 0.3) is 0 Å². The first-order valence-electron chi connectivity index (χ1n) is 6.33. The van der Waals surface area contributed by atoms with Crippen molar-refractivity contribution in [3.8, 4) is 5.75 Å². The lowest BCUT2D eigenvalue weighted by atomic mass is 10.1. The second kappa shape index (κ2) is 4.77. The molecule has 0 fully saturated rings. The van der Waals surface area contributed by atoms with Gasteiger partial charge in [0.25, 0.3) is 5.91 Å². The second-order valence-electron chi connectivity index (χ2n) is 4.72. The standard InChI is InChI=1S/C15H15N3O2/c16-9-5-6-10(12(17)7-9)15(19)18-13-8-20-14-4-2-1-3-11(13)14/h1-7,13H,8,16-17H2,(H,18,19). The predicted octanol–water partition coefficient (Wildman–Crippen LogP) is 1.71. The van der Waals surface area contributed by atoms with E-state index in [0.29, 0.717) is 23.5 Å². The SMILES string of the molecule is Nc1ccc(C(=O)NC2COc3ccccc32)c(N)c1. The Labute approximate surface area is 116 Å². The maximum atomic E-state index is 12.3. The van der Waals surface area contributed by atoms with Crippen LogP contribution in [0.5, 0.6) is 5.75 Å². The van der Waals surface area contributed by atoms with Gasteiger partial charge in [-0.3, -0.25) is 4.79 Å². The molecule has 0 saturated heterocycles. The predicted molar refractivity (Wildman–Crippen MR) is 77.4 cm³/mol. The molecule has 2 aromatic carbocycles. The summed E-state index contributed by atoms with van der Waals surface area (Å²) in [6.45, 7) is 0.431. The van der Waals surface area contributed by atoms with Crippen molar-refractivity contribution in [3.05, 3.63) is 53.6 Å². The number of nitrogen functional groups attached to an aromatic ring is 2. The Bertz CT molecular complexity index is 670. The zero-order valence-electron chi connectivity index (χ0n) is 10.8. The van der Waals surface area contributed by atoms with Gasteiger partial charge in [-0.2, -0.15) is 0 Å². The number of amides is 1. The molecule has 5 N–H and O–H groups in total. The summed E-state index contributed by atoms with van der Waals surface area (Å²) >= 11 is 0. The molecule has 102 valence electrons. The molecule has 0 radical (unpaired) electrons. The number of ether oxygens (including phenoxy) is 1. The topological polar surface area (TPSA) is 90.4 Å². The molecular formula is C15H15N3O2. The van der Waals surface area contributed by atoms with Gasteiger partial charge in [-0.1, -0.05) is 18.2 Å². The van der Waals surface area contributed by atoms with Crippen LogP contribution < -0.4 is 21.5 Å². The van der Waals surface area contributed by atoms with Gasteiger partial charge in [-0.25, -0.2) is 0 Å². The van der Waals surface area contributed by atoms with Crippen LogP contribution in [-0.4, -0.2) is 12.5 Å².